The van der Waals surface area contributed by atoms with E-state index in [1.807, 2.05) is 13.8 Å². The lowest BCUT2D eigenvalue weighted by atomic mass is 9.79. The highest BCUT2D eigenvalue weighted by atomic mass is 35.5. The van der Waals surface area contributed by atoms with Crippen LogP contribution in [0.5, 0.6) is 0 Å². The van der Waals surface area contributed by atoms with Gasteiger partial charge in [0.05, 0.1) is 34.4 Å². The monoisotopic (exact) mass is 708 g/mol. The molecule has 0 saturated heterocycles. The molecule has 0 unspecified atom stereocenters. The molecule has 2 aliphatic rings. The first-order chi connectivity index (χ1) is 23.0. The third-order valence-corrected chi connectivity index (χ3v) is 11.5. The predicted molar refractivity (Wildman–Crippen MR) is 201 cm³/mol. The van der Waals surface area contributed by atoms with E-state index in [2.05, 4.69) is 26.0 Å². The number of thiocarbonyl (C=S) groups is 2. The molecular formula is C38H30Cl2N4O2S2. The molecule has 2 amide bonds. The molecule has 48 heavy (non-hydrogen) atoms. The summed E-state index contributed by atoms with van der Waals surface area (Å²) in [7, 11) is 0. The summed E-state index contributed by atoms with van der Waals surface area (Å²) < 4.78 is 0. The van der Waals surface area contributed by atoms with Crippen molar-refractivity contribution in [2.45, 2.75) is 78.3 Å². The summed E-state index contributed by atoms with van der Waals surface area (Å²) in [5.74, 6) is -0.507. The van der Waals surface area contributed by atoms with Crippen LogP contribution < -0.4 is 0 Å². The van der Waals surface area contributed by atoms with Crippen LogP contribution in [0.4, 0.5) is 0 Å². The highest BCUT2D eigenvalue weighted by molar-refractivity contribution is 7.81. The van der Waals surface area contributed by atoms with Crippen LogP contribution in [0.3, 0.4) is 0 Å². The molecule has 0 spiro atoms. The molecule has 5 aromatic carbocycles. The van der Waals surface area contributed by atoms with E-state index < -0.39 is 0 Å². The first-order valence-corrected chi connectivity index (χ1v) is 17.8. The third kappa shape index (κ3) is 4.33. The van der Waals surface area contributed by atoms with Gasteiger partial charge in [-0.1, -0.05) is 87.2 Å². The van der Waals surface area contributed by atoms with E-state index in [0.29, 0.717) is 86.4 Å². The van der Waals surface area contributed by atoms with Crippen molar-refractivity contribution in [3.63, 3.8) is 0 Å². The molecule has 2 aliphatic heterocycles. The number of amides is 2. The van der Waals surface area contributed by atoms with Gasteiger partial charge in [0.1, 0.15) is 9.98 Å². The number of benzene rings is 5. The van der Waals surface area contributed by atoms with Gasteiger partial charge in [-0.2, -0.15) is 10.5 Å². The van der Waals surface area contributed by atoms with E-state index in [-0.39, 0.29) is 33.9 Å². The van der Waals surface area contributed by atoms with E-state index in [1.54, 1.807) is 34.1 Å². The molecule has 0 fully saturated rings. The first kappa shape index (κ1) is 32.6. The molecule has 0 aromatic heterocycles. The van der Waals surface area contributed by atoms with Crippen LogP contribution in [0.25, 0.3) is 43.1 Å². The van der Waals surface area contributed by atoms with Crippen molar-refractivity contribution in [3.8, 4) is 12.1 Å². The number of carbonyl (C=O) groups is 2. The fourth-order valence-electron chi connectivity index (χ4n) is 7.83. The van der Waals surface area contributed by atoms with Crippen molar-refractivity contribution in [3.05, 3.63) is 67.7 Å². The molecule has 0 N–H and O–H groups in total. The van der Waals surface area contributed by atoms with E-state index in [0.717, 1.165) is 38.5 Å². The number of nitrogens with zero attached hydrogens (tertiary/aromatic N) is 4. The highest BCUT2D eigenvalue weighted by Crippen LogP contribution is 2.52. The smallest absolute Gasteiger partial charge is 0.259 e. The summed E-state index contributed by atoms with van der Waals surface area (Å²) in [5, 5.41) is 26.1. The Morgan fingerprint density at radius 3 is 1.33 bits per heavy atom. The summed E-state index contributed by atoms with van der Waals surface area (Å²) in [6.07, 6.45) is 5.36. The Balaban J connectivity index is 1.65. The number of hydrogen-bond donors (Lipinski definition) is 0. The molecule has 10 heteroatoms. The predicted octanol–water partition coefficient (Wildman–Crippen LogP) is 10.2. The Morgan fingerprint density at radius 2 is 1.00 bits per heavy atom. The van der Waals surface area contributed by atoms with Gasteiger partial charge < -0.3 is 0 Å². The number of hydrogen-bond acceptors (Lipinski definition) is 6. The third-order valence-electron chi connectivity index (χ3n) is 10.1. The lowest BCUT2D eigenvalue weighted by Gasteiger charge is -2.36. The van der Waals surface area contributed by atoms with Gasteiger partial charge in [0, 0.05) is 76.3 Å². The standard InChI is InChI=1S/C38H30Cl2N4O2S2/c1-5-7-9-17(3)43-35(45)21-13-25(39)31-28-20(16-42)12-24-30-22(36(46)44(38(24)48)18(4)10-8-6-2)14-26(40)32(34(28)30)27-19(15-41)11-23(37(43)47)29(21)33(27)31/h11-14,17-18H,5-10H2,1-4H3/t17-,18-/m0/s1. The fraction of sp³-hybridized carbons (Fsp3) is 0.316. The quantitative estimate of drug-likeness (QED) is 0.0906. The number of fused-ring (bicyclic) bond motifs is 2. The maximum atomic E-state index is 14.2. The lowest BCUT2D eigenvalue weighted by Crippen LogP contribution is -2.45. The normalized spacial score (nSPS) is 15.7. The van der Waals surface area contributed by atoms with Crippen molar-refractivity contribution in [2.75, 3.05) is 0 Å². The summed E-state index contributed by atoms with van der Waals surface area (Å²) in [6.45, 7) is 8.15. The van der Waals surface area contributed by atoms with Gasteiger partial charge in [0.25, 0.3) is 11.8 Å². The van der Waals surface area contributed by atoms with Gasteiger partial charge in [-0.3, -0.25) is 19.4 Å². The van der Waals surface area contributed by atoms with E-state index in [4.69, 9.17) is 47.6 Å². The minimum atomic E-state index is -0.254. The summed E-state index contributed by atoms with van der Waals surface area (Å²) in [4.78, 5) is 32.4. The van der Waals surface area contributed by atoms with Crippen molar-refractivity contribution in [2.24, 2.45) is 0 Å². The van der Waals surface area contributed by atoms with E-state index >= 15 is 0 Å². The average molecular weight is 710 g/mol. The lowest BCUT2D eigenvalue weighted by molar-refractivity contribution is 0.0799. The number of halogens is 2. The molecule has 2 atom stereocenters. The molecule has 0 aliphatic carbocycles. The number of carbonyl (C=O) groups excluding carboxylic acids is 2. The molecule has 0 radical (unpaired) electrons. The number of unbranched alkanes of at least 4 members (excludes halogenated alkanes) is 2. The molecule has 0 saturated carbocycles. The first-order valence-electron chi connectivity index (χ1n) is 16.2. The summed E-state index contributed by atoms with van der Waals surface area (Å²) >= 11 is 26.3. The molecule has 240 valence electrons. The van der Waals surface area contributed by atoms with E-state index in [1.165, 1.54) is 0 Å². The van der Waals surface area contributed by atoms with Gasteiger partial charge in [-0.15, -0.1) is 0 Å². The Morgan fingerprint density at radius 1 is 0.625 bits per heavy atom. The van der Waals surface area contributed by atoms with Crippen molar-refractivity contribution in [1.29, 1.82) is 10.5 Å². The zero-order valence-electron chi connectivity index (χ0n) is 26.9. The number of nitriles is 2. The largest absolute Gasteiger partial charge is 0.296 e. The maximum Gasteiger partial charge on any atom is 0.259 e. The van der Waals surface area contributed by atoms with Gasteiger partial charge in [0.15, 0.2) is 0 Å². The van der Waals surface area contributed by atoms with Crippen LogP contribution in [0.1, 0.15) is 109 Å². The van der Waals surface area contributed by atoms with Crippen LogP contribution in [0.15, 0.2) is 24.3 Å². The Kier molecular flexibility index (Phi) is 8.08. The average Bonchev–Trinajstić information content (AvgIpc) is 3.07. The van der Waals surface area contributed by atoms with Crippen LogP contribution in [0, 0.1) is 22.7 Å². The topological polar surface area (TPSA) is 88.2 Å². The van der Waals surface area contributed by atoms with Crippen LogP contribution in [-0.4, -0.2) is 43.7 Å². The maximum absolute atomic E-state index is 14.2. The summed E-state index contributed by atoms with van der Waals surface area (Å²) in [5.41, 5.74) is 2.55. The minimum absolute atomic E-state index is 0.160. The molecule has 2 heterocycles. The second-order valence-corrected chi connectivity index (χ2v) is 14.5. The van der Waals surface area contributed by atoms with Crippen LogP contribution in [-0.2, 0) is 0 Å². The minimum Gasteiger partial charge on any atom is -0.296 e. The highest BCUT2D eigenvalue weighted by Gasteiger charge is 2.39. The van der Waals surface area contributed by atoms with Gasteiger partial charge >= 0.3 is 0 Å². The second-order valence-electron chi connectivity index (χ2n) is 12.9. The summed E-state index contributed by atoms with van der Waals surface area (Å²) in [6, 6.07) is 11.2. The van der Waals surface area contributed by atoms with Gasteiger partial charge in [0.2, 0.25) is 0 Å². The Labute approximate surface area is 299 Å². The number of rotatable bonds is 8. The molecular weight excluding hydrogens is 679 g/mol. The fourth-order valence-corrected chi connectivity index (χ4v) is 9.27. The van der Waals surface area contributed by atoms with Crippen molar-refractivity contribution >= 4 is 113 Å². The molecule has 7 rings (SSSR count). The van der Waals surface area contributed by atoms with Crippen LogP contribution >= 0.6 is 47.6 Å². The molecule has 6 nitrogen and oxygen atoms in total. The Hall–Kier alpha value is -3.92. The molecule has 0 bridgehead atoms. The van der Waals surface area contributed by atoms with Gasteiger partial charge in [-0.05, 0) is 51.0 Å². The van der Waals surface area contributed by atoms with E-state index in [9.17, 15) is 20.1 Å². The van der Waals surface area contributed by atoms with Crippen LogP contribution in [0.2, 0.25) is 10.0 Å². The van der Waals surface area contributed by atoms with Crippen molar-refractivity contribution in [1.82, 2.24) is 9.80 Å². The molecule has 5 aromatic rings. The zero-order chi connectivity index (χ0) is 34.3. The SMILES string of the molecule is CCCC[C@H](C)N1C(=O)c2cc(Cl)c3c4c(C#N)cc5c6c(cc(Cl)c(c7c(C#N)cc(c2c37)C1=S)c64)C(=O)N([C@@H](C)CCCC)C5=S. The Bertz CT molecular complexity index is 2240. The van der Waals surface area contributed by atoms with Gasteiger partial charge in [-0.25, -0.2) is 0 Å². The second kappa shape index (κ2) is 11.9. The zero-order valence-corrected chi connectivity index (χ0v) is 30.0. The van der Waals surface area contributed by atoms with Crippen molar-refractivity contribution < 1.29 is 9.59 Å².